The van der Waals surface area contributed by atoms with E-state index < -0.39 is 17.0 Å². The molecular formula is C17H15F3N2O2S. The van der Waals surface area contributed by atoms with E-state index in [1.165, 1.54) is 13.0 Å². The molecule has 1 aromatic carbocycles. The average Bonchev–Trinajstić information content (AvgIpc) is 2.54. The van der Waals surface area contributed by atoms with Gasteiger partial charge in [0.1, 0.15) is 0 Å². The van der Waals surface area contributed by atoms with Crippen LogP contribution in [0.15, 0.2) is 47.6 Å². The average molecular weight is 368 g/mol. The lowest BCUT2D eigenvalue weighted by atomic mass is 10.1. The van der Waals surface area contributed by atoms with Gasteiger partial charge in [0.25, 0.3) is 0 Å². The molecule has 1 atom stereocenters. The maximum atomic E-state index is 12.5. The molecule has 0 fully saturated rings. The SMILES string of the molecule is CC(=O)Nc1ccc(C(=O)[C@H](C)Sc2ccc(C(F)(F)F)cn2)cc1. The first-order chi connectivity index (χ1) is 11.7. The normalized spacial score (nSPS) is 12.5. The maximum Gasteiger partial charge on any atom is 0.417 e. The van der Waals surface area contributed by atoms with Crippen LogP contribution in [0.2, 0.25) is 0 Å². The molecule has 0 saturated carbocycles. The number of hydrogen-bond acceptors (Lipinski definition) is 4. The van der Waals surface area contributed by atoms with E-state index in [2.05, 4.69) is 10.3 Å². The van der Waals surface area contributed by atoms with Gasteiger partial charge < -0.3 is 5.32 Å². The second kappa shape index (κ2) is 7.69. The summed E-state index contributed by atoms with van der Waals surface area (Å²) in [7, 11) is 0. The predicted molar refractivity (Wildman–Crippen MR) is 89.6 cm³/mol. The number of benzene rings is 1. The van der Waals surface area contributed by atoms with Gasteiger partial charge in [-0.3, -0.25) is 9.59 Å². The first-order valence-electron chi connectivity index (χ1n) is 7.28. The Kier molecular flexibility index (Phi) is 5.84. The highest BCUT2D eigenvalue weighted by molar-refractivity contribution is 8.00. The monoisotopic (exact) mass is 368 g/mol. The van der Waals surface area contributed by atoms with E-state index in [9.17, 15) is 22.8 Å². The lowest BCUT2D eigenvalue weighted by Crippen LogP contribution is -2.14. The van der Waals surface area contributed by atoms with Crippen LogP contribution in [-0.2, 0) is 11.0 Å². The molecule has 0 saturated heterocycles. The van der Waals surface area contributed by atoms with E-state index in [4.69, 9.17) is 0 Å². The predicted octanol–water partition coefficient (Wildman–Crippen LogP) is 4.42. The number of nitrogens with zero attached hydrogens (tertiary/aromatic N) is 1. The second-order valence-electron chi connectivity index (χ2n) is 5.27. The zero-order valence-corrected chi connectivity index (χ0v) is 14.2. The van der Waals surface area contributed by atoms with Gasteiger partial charge in [0.2, 0.25) is 5.91 Å². The number of carbonyl (C=O) groups excluding carboxylic acids is 2. The number of alkyl halides is 3. The van der Waals surface area contributed by atoms with Crippen molar-refractivity contribution in [2.24, 2.45) is 0 Å². The number of hydrogen-bond donors (Lipinski definition) is 1. The van der Waals surface area contributed by atoms with Crippen LogP contribution in [0, 0.1) is 0 Å². The van der Waals surface area contributed by atoms with Crippen molar-refractivity contribution in [2.45, 2.75) is 30.3 Å². The van der Waals surface area contributed by atoms with Gasteiger partial charge in [0.05, 0.1) is 15.8 Å². The third-order valence-corrected chi connectivity index (χ3v) is 4.27. The maximum absolute atomic E-state index is 12.5. The second-order valence-corrected chi connectivity index (χ2v) is 6.63. The molecule has 0 bridgehead atoms. The van der Waals surface area contributed by atoms with Crippen LogP contribution in [0.25, 0.3) is 0 Å². The number of aromatic nitrogens is 1. The summed E-state index contributed by atoms with van der Waals surface area (Å²) in [5.41, 5.74) is 0.194. The van der Waals surface area contributed by atoms with E-state index in [0.29, 0.717) is 16.3 Å². The van der Waals surface area contributed by atoms with E-state index in [1.54, 1.807) is 31.2 Å². The van der Waals surface area contributed by atoms with E-state index in [0.717, 1.165) is 24.0 Å². The molecule has 1 aromatic heterocycles. The fourth-order valence-electron chi connectivity index (χ4n) is 2.01. The molecule has 0 unspecified atom stereocenters. The van der Waals surface area contributed by atoms with E-state index in [1.807, 2.05) is 0 Å². The molecular weight excluding hydrogens is 353 g/mol. The molecule has 4 nitrogen and oxygen atoms in total. The summed E-state index contributed by atoms with van der Waals surface area (Å²) in [5.74, 6) is -0.391. The minimum atomic E-state index is -4.44. The first-order valence-corrected chi connectivity index (χ1v) is 8.16. The van der Waals surface area contributed by atoms with Crippen LogP contribution < -0.4 is 5.32 Å². The van der Waals surface area contributed by atoms with Crippen molar-refractivity contribution in [3.05, 3.63) is 53.7 Å². The highest BCUT2D eigenvalue weighted by Gasteiger charge is 2.30. The van der Waals surface area contributed by atoms with Gasteiger partial charge in [-0.1, -0.05) is 11.8 Å². The lowest BCUT2D eigenvalue weighted by Gasteiger charge is -2.11. The Bertz CT molecular complexity index is 759. The molecule has 1 amide bonds. The molecule has 2 rings (SSSR count). The molecule has 0 aliphatic rings. The summed E-state index contributed by atoms with van der Waals surface area (Å²) >= 11 is 1.08. The Morgan fingerprint density at radius 3 is 2.24 bits per heavy atom. The Labute approximate surface area is 146 Å². The van der Waals surface area contributed by atoms with Crippen LogP contribution in [0.3, 0.4) is 0 Å². The third-order valence-electron chi connectivity index (χ3n) is 3.22. The van der Waals surface area contributed by atoms with Crippen molar-refractivity contribution in [1.29, 1.82) is 0 Å². The standard InChI is InChI=1S/C17H15F3N2O2S/c1-10(25-15-8-5-13(9-21-15)17(18,19)20)16(24)12-3-6-14(7-4-12)22-11(2)23/h3-10H,1-2H3,(H,22,23)/t10-/m0/s1. The van der Waals surface area contributed by atoms with Gasteiger partial charge in [-0.15, -0.1) is 0 Å². The fourth-order valence-corrected chi connectivity index (χ4v) is 2.87. The summed E-state index contributed by atoms with van der Waals surface area (Å²) in [6.07, 6.45) is -3.69. The zero-order chi connectivity index (χ0) is 18.6. The largest absolute Gasteiger partial charge is 0.417 e. The third kappa shape index (κ3) is 5.32. The van der Waals surface area contributed by atoms with Crippen LogP contribution in [0.5, 0.6) is 0 Å². The van der Waals surface area contributed by atoms with Crippen molar-refractivity contribution < 1.29 is 22.8 Å². The number of carbonyl (C=O) groups is 2. The summed E-state index contributed by atoms with van der Waals surface area (Å²) in [5, 5.41) is 2.42. The van der Waals surface area contributed by atoms with Gasteiger partial charge in [-0.2, -0.15) is 13.2 Å². The van der Waals surface area contributed by atoms with Gasteiger partial charge in [-0.25, -0.2) is 4.98 Å². The van der Waals surface area contributed by atoms with Crippen molar-refractivity contribution in [1.82, 2.24) is 4.98 Å². The molecule has 0 aliphatic heterocycles. The number of anilines is 1. The van der Waals surface area contributed by atoms with E-state index >= 15 is 0 Å². The number of halogens is 3. The zero-order valence-electron chi connectivity index (χ0n) is 13.4. The summed E-state index contributed by atoms with van der Waals surface area (Å²) in [4.78, 5) is 27.1. The molecule has 0 radical (unpaired) electrons. The van der Waals surface area contributed by atoms with Crippen LogP contribution in [0.4, 0.5) is 18.9 Å². The minimum Gasteiger partial charge on any atom is -0.326 e. The number of amides is 1. The van der Waals surface area contributed by atoms with Gasteiger partial charge in [-0.05, 0) is 43.3 Å². The molecule has 8 heteroatoms. The Morgan fingerprint density at radius 2 is 1.76 bits per heavy atom. The van der Waals surface area contributed by atoms with Crippen molar-refractivity contribution in [3.8, 4) is 0 Å². The van der Waals surface area contributed by atoms with Crippen LogP contribution >= 0.6 is 11.8 Å². The van der Waals surface area contributed by atoms with Crippen LogP contribution in [-0.4, -0.2) is 21.9 Å². The topological polar surface area (TPSA) is 59.1 Å². The molecule has 1 heterocycles. The van der Waals surface area contributed by atoms with Crippen molar-refractivity contribution >= 4 is 29.1 Å². The van der Waals surface area contributed by atoms with Gasteiger partial charge in [0, 0.05) is 24.4 Å². The fraction of sp³-hybridized carbons (Fsp3) is 0.235. The van der Waals surface area contributed by atoms with Crippen LogP contribution in [0.1, 0.15) is 29.8 Å². The van der Waals surface area contributed by atoms with Crippen molar-refractivity contribution in [2.75, 3.05) is 5.32 Å². The molecule has 1 N–H and O–H groups in total. The number of Topliss-reactive ketones (excluding diaryl/α,β-unsaturated/α-hetero) is 1. The lowest BCUT2D eigenvalue weighted by molar-refractivity contribution is -0.137. The molecule has 2 aromatic rings. The summed E-state index contributed by atoms with van der Waals surface area (Å²) in [6, 6.07) is 8.59. The Morgan fingerprint density at radius 1 is 1.12 bits per heavy atom. The number of rotatable bonds is 5. The highest BCUT2D eigenvalue weighted by atomic mass is 32.2. The Balaban J connectivity index is 2.03. The summed E-state index contributed by atoms with van der Waals surface area (Å²) in [6.45, 7) is 3.04. The molecule has 0 spiro atoms. The highest BCUT2D eigenvalue weighted by Crippen LogP contribution is 2.31. The van der Waals surface area contributed by atoms with Gasteiger partial charge >= 0.3 is 6.18 Å². The summed E-state index contributed by atoms with van der Waals surface area (Å²) < 4.78 is 37.5. The number of pyridine rings is 1. The van der Waals surface area contributed by atoms with Crippen molar-refractivity contribution in [3.63, 3.8) is 0 Å². The smallest absolute Gasteiger partial charge is 0.326 e. The molecule has 132 valence electrons. The number of thioether (sulfide) groups is 1. The van der Waals surface area contributed by atoms with E-state index in [-0.39, 0.29) is 11.7 Å². The Hall–Kier alpha value is -2.35. The number of ketones is 1. The minimum absolute atomic E-state index is 0.180. The molecule has 25 heavy (non-hydrogen) atoms. The first kappa shape index (κ1) is 19.0. The quantitative estimate of drug-likeness (QED) is 0.627. The molecule has 0 aliphatic carbocycles. The van der Waals surface area contributed by atoms with Gasteiger partial charge in [0.15, 0.2) is 5.78 Å². The number of nitrogens with one attached hydrogen (secondary N) is 1.